The molecule has 0 aromatic rings. The number of esters is 1. The summed E-state index contributed by atoms with van der Waals surface area (Å²) >= 11 is 3.78. The highest BCUT2D eigenvalue weighted by molar-refractivity contribution is 7.80. The minimum absolute atomic E-state index is 0.0694. The van der Waals surface area contributed by atoms with Crippen LogP contribution in [0.1, 0.15) is 6.92 Å². The Morgan fingerprint density at radius 2 is 1.76 bits per heavy atom. The Balaban J connectivity index is 5.23. The molecule has 0 aromatic carbocycles. The molecular formula is C11H20N2O7S. The summed E-state index contributed by atoms with van der Waals surface area (Å²) in [6.07, 6.45) is -5.33. The van der Waals surface area contributed by atoms with Gasteiger partial charge in [0, 0.05) is 12.7 Å². The molecule has 0 rings (SSSR count). The van der Waals surface area contributed by atoms with Crippen molar-refractivity contribution in [2.45, 2.75) is 37.3 Å². The van der Waals surface area contributed by atoms with E-state index < -0.39 is 54.5 Å². The van der Waals surface area contributed by atoms with E-state index in [9.17, 15) is 24.6 Å². The third kappa shape index (κ3) is 5.69. The second-order valence-electron chi connectivity index (χ2n) is 4.38. The van der Waals surface area contributed by atoms with Gasteiger partial charge in [-0.1, -0.05) is 0 Å². The maximum atomic E-state index is 11.6. The van der Waals surface area contributed by atoms with Crippen LogP contribution in [0, 0.1) is 0 Å². The molecule has 10 heteroatoms. The molecule has 21 heavy (non-hydrogen) atoms. The number of aliphatic hydroxyl groups is 3. The molecule has 0 saturated heterocycles. The summed E-state index contributed by atoms with van der Waals surface area (Å²) in [6.45, 7) is 0.0875. The van der Waals surface area contributed by atoms with E-state index in [1.807, 2.05) is 0 Å². The second kappa shape index (κ2) is 9.07. The SMILES string of the molecule is CC(=O)C(=O)[C@H](N)[C@@H](OC(=O)[C@@H](N)CS)[C@H](O)[C@H](O)CO. The zero-order valence-electron chi connectivity index (χ0n) is 11.4. The molecule has 122 valence electrons. The number of hydrogen-bond acceptors (Lipinski definition) is 10. The van der Waals surface area contributed by atoms with Crippen molar-refractivity contribution in [2.24, 2.45) is 11.5 Å². The van der Waals surface area contributed by atoms with E-state index >= 15 is 0 Å². The van der Waals surface area contributed by atoms with E-state index in [1.54, 1.807) is 0 Å². The van der Waals surface area contributed by atoms with Gasteiger partial charge in [0.25, 0.3) is 0 Å². The molecule has 0 bridgehead atoms. The molecule has 0 aliphatic rings. The number of rotatable bonds is 9. The largest absolute Gasteiger partial charge is 0.456 e. The Kier molecular flexibility index (Phi) is 8.63. The van der Waals surface area contributed by atoms with Gasteiger partial charge in [-0.05, 0) is 0 Å². The Morgan fingerprint density at radius 1 is 1.24 bits per heavy atom. The molecule has 0 unspecified atom stereocenters. The molecule has 0 aromatic heterocycles. The van der Waals surface area contributed by atoms with Crippen molar-refractivity contribution in [2.75, 3.05) is 12.4 Å². The summed E-state index contributed by atoms with van der Waals surface area (Å²) in [5.74, 6) is -3.10. The molecule has 0 aliphatic heterocycles. The van der Waals surface area contributed by atoms with Gasteiger partial charge in [-0.3, -0.25) is 14.4 Å². The molecule has 9 nitrogen and oxygen atoms in total. The molecule has 0 saturated carbocycles. The standard InChI is InChI=1S/C11H20N2O7S/c1-4(15)8(17)7(13)10(9(18)6(16)2-14)20-11(19)5(12)3-21/h5-7,9-10,14,16,18,21H,2-3,12-13H2,1H3/t5-,6+,7-,9+,10+/m0/s1. The highest BCUT2D eigenvalue weighted by atomic mass is 32.1. The Morgan fingerprint density at radius 3 is 2.14 bits per heavy atom. The highest BCUT2D eigenvalue weighted by Crippen LogP contribution is 2.11. The van der Waals surface area contributed by atoms with E-state index in [2.05, 4.69) is 12.6 Å². The van der Waals surface area contributed by atoms with Crippen LogP contribution < -0.4 is 11.5 Å². The summed E-state index contributed by atoms with van der Waals surface area (Å²) in [7, 11) is 0. The maximum Gasteiger partial charge on any atom is 0.324 e. The van der Waals surface area contributed by atoms with Gasteiger partial charge in [0.2, 0.25) is 5.78 Å². The quantitative estimate of drug-likeness (QED) is 0.142. The molecular weight excluding hydrogens is 304 g/mol. The first-order valence-electron chi connectivity index (χ1n) is 6.01. The number of thiol groups is 1. The van der Waals surface area contributed by atoms with Crippen molar-refractivity contribution < 1.29 is 34.4 Å². The van der Waals surface area contributed by atoms with Crippen molar-refractivity contribution in [3.8, 4) is 0 Å². The Labute approximate surface area is 126 Å². The fourth-order valence-corrected chi connectivity index (χ4v) is 1.51. The van der Waals surface area contributed by atoms with E-state index in [4.69, 9.17) is 21.3 Å². The third-order valence-corrected chi connectivity index (χ3v) is 3.07. The Bertz CT molecular complexity index is 393. The maximum absolute atomic E-state index is 11.6. The molecule has 0 radical (unpaired) electrons. The van der Waals surface area contributed by atoms with Crippen LogP contribution in [-0.4, -0.2) is 75.6 Å². The van der Waals surface area contributed by atoms with Crippen LogP contribution >= 0.6 is 12.6 Å². The number of aliphatic hydroxyl groups excluding tert-OH is 3. The highest BCUT2D eigenvalue weighted by Gasteiger charge is 2.39. The molecule has 0 heterocycles. The monoisotopic (exact) mass is 324 g/mol. The van der Waals surface area contributed by atoms with Crippen LogP contribution in [0.3, 0.4) is 0 Å². The lowest BCUT2D eigenvalue weighted by atomic mass is 9.97. The smallest absolute Gasteiger partial charge is 0.324 e. The third-order valence-electron chi connectivity index (χ3n) is 2.67. The van der Waals surface area contributed by atoms with Crippen LogP contribution in [0.25, 0.3) is 0 Å². The van der Waals surface area contributed by atoms with Gasteiger partial charge in [-0.15, -0.1) is 0 Å². The lowest BCUT2D eigenvalue weighted by Gasteiger charge is -2.29. The topological polar surface area (TPSA) is 173 Å². The van der Waals surface area contributed by atoms with E-state index in [0.29, 0.717) is 0 Å². The van der Waals surface area contributed by atoms with Gasteiger partial charge in [-0.2, -0.15) is 12.6 Å². The van der Waals surface area contributed by atoms with E-state index in [-0.39, 0.29) is 5.75 Å². The fraction of sp³-hybridized carbons (Fsp3) is 0.727. The minimum Gasteiger partial charge on any atom is -0.456 e. The molecule has 0 spiro atoms. The zero-order chi connectivity index (χ0) is 16.7. The fourth-order valence-electron chi connectivity index (χ4n) is 1.36. The first-order chi connectivity index (χ1) is 9.67. The van der Waals surface area contributed by atoms with Crippen molar-refractivity contribution >= 4 is 30.2 Å². The number of ether oxygens (including phenoxy) is 1. The average Bonchev–Trinajstić information content (AvgIpc) is 2.48. The molecule has 0 aliphatic carbocycles. The first kappa shape index (κ1) is 20.0. The summed E-state index contributed by atoms with van der Waals surface area (Å²) < 4.78 is 4.79. The van der Waals surface area contributed by atoms with Crippen molar-refractivity contribution in [1.29, 1.82) is 0 Å². The number of ketones is 2. The van der Waals surface area contributed by atoms with E-state index in [1.165, 1.54) is 0 Å². The van der Waals surface area contributed by atoms with Gasteiger partial charge < -0.3 is 31.5 Å². The van der Waals surface area contributed by atoms with Gasteiger partial charge in [0.05, 0.1) is 6.61 Å². The average molecular weight is 324 g/mol. The van der Waals surface area contributed by atoms with Crippen LogP contribution in [0.15, 0.2) is 0 Å². The predicted octanol–water partition coefficient (Wildman–Crippen LogP) is -3.65. The molecule has 0 fully saturated rings. The first-order valence-corrected chi connectivity index (χ1v) is 6.64. The van der Waals surface area contributed by atoms with Crippen LogP contribution in [0.5, 0.6) is 0 Å². The van der Waals surface area contributed by atoms with Gasteiger partial charge in [0.15, 0.2) is 11.9 Å². The second-order valence-corrected chi connectivity index (χ2v) is 4.74. The number of nitrogens with two attached hydrogens (primary N) is 2. The van der Waals surface area contributed by atoms with Crippen LogP contribution in [0.4, 0.5) is 0 Å². The van der Waals surface area contributed by atoms with Gasteiger partial charge in [0.1, 0.15) is 24.3 Å². The number of hydrogen-bond donors (Lipinski definition) is 6. The zero-order valence-corrected chi connectivity index (χ0v) is 12.3. The Hall–Kier alpha value is -1.04. The lowest BCUT2D eigenvalue weighted by Crippen LogP contribution is -2.57. The van der Waals surface area contributed by atoms with Crippen molar-refractivity contribution in [3.05, 3.63) is 0 Å². The van der Waals surface area contributed by atoms with Crippen molar-refractivity contribution in [3.63, 3.8) is 0 Å². The predicted molar refractivity (Wildman–Crippen MR) is 74.5 cm³/mol. The molecule has 0 amide bonds. The number of carbonyl (C=O) groups excluding carboxylic acids is 3. The van der Waals surface area contributed by atoms with Crippen LogP contribution in [-0.2, 0) is 19.1 Å². The number of carbonyl (C=O) groups is 3. The molecule has 7 N–H and O–H groups in total. The summed E-state index contributed by atoms with van der Waals surface area (Å²) in [5.41, 5.74) is 10.9. The lowest BCUT2D eigenvalue weighted by molar-refractivity contribution is -0.166. The summed E-state index contributed by atoms with van der Waals surface area (Å²) in [6, 6.07) is -2.84. The summed E-state index contributed by atoms with van der Waals surface area (Å²) in [4.78, 5) is 34.2. The normalized spacial score (nSPS) is 18.2. The van der Waals surface area contributed by atoms with Crippen LogP contribution in [0.2, 0.25) is 0 Å². The summed E-state index contributed by atoms with van der Waals surface area (Å²) in [5, 5.41) is 28.0. The van der Waals surface area contributed by atoms with Crippen molar-refractivity contribution in [1.82, 2.24) is 0 Å². The number of Topliss-reactive ketones (excluding diaryl/α,β-unsaturated/α-hetero) is 2. The van der Waals surface area contributed by atoms with E-state index in [0.717, 1.165) is 6.92 Å². The minimum atomic E-state index is -1.87. The molecule has 5 atom stereocenters. The van der Waals surface area contributed by atoms with Gasteiger partial charge >= 0.3 is 5.97 Å². The van der Waals surface area contributed by atoms with Gasteiger partial charge in [-0.25, -0.2) is 0 Å².